The van der Waals surface area contributed by atoms with Crippen molar-refractivity contribution in [1.29, 1.82) is 0 Å². The Labute approximate surface area is 224 Å². The molecule has 5 aromatic rings. The number of carbonyl (C=O) groups is 2. The molecular weight excluding hydrogens is 496 g/mol. The molecule has 1 N–H and O–H groups in total. The highest BCUT2D eigenvalue weighted by atomic mass is 32.1. The largest absolute Gasteiger partial charge is 0.471 e. The summed E-state index contributed by atoms with van der Waals surface area (Å²) in [4.78, 5) is 33.3. The van der Waals surface area contributed by atoms with Crippen LogP contribution < -0.4 is 10.2 Å². The number of para-hydroxylation sites is 1. The van der Waals surface area contributed by atoms with Crippen LogP contribution in [0.25, 0.3) is 32.6 Å². The fraction of sp³-hybridized carbons (Fsp3) is 0.133. The Hall–Kier alpha value is -4.56. The minimum absolute atomic E-state index is 0.149. The molecule has 0 fully saturated rings. The first-order valence-electron chi connectivity index (χ1n) is 12.2. The number of aromatic nitrogens is 2. The molecule has 0 radical (unpaired) electrons. The van der Waals surface area contributed by atoms with E-state index in [4.69, 9.17) is 9.78 Å². The lowest BCUT2D eigenvalue weighted by atomic mass is 9.98. The Morgan fingerprint density at radius 2 is 1.74 bits per heavy atom. The first-order chi connectivity index (χ1) is 18.7. The van der Waals surface area contributed by atoms with Crippen LogP contribution in [0.15, 0.2) is 91.1 Å². The van der Waals surface area contributed by atoms with E-state index < -0.39 is 0 Å². The van der Waals surface area contributed by atoms with Crippen LogP contribution in [0.4, 0.5) is 15.6 Å². The third kappa shape index (κ3) is 5.55. The number of ether oxygens (including phenoxy) is 1. The minimum Gasteiger partial charge on any atom is -0.471 e. The molecule has 1 aliphatic heterocycles. The number of nitrogens with zero attached hydrogens (tertiary/aromatic N) is 3. The molecule has 0 aliphatic carbocycles. The average molecular weight is 523 g/mol. The van der Waals surface area contributed by atoms with Crippen molar-refractivity contribution in [3.8, 4) is 22.4 Å². The number of benzene rings is 3. The molecule has 0 saturated carbocycles. The molecule has 0 atom stereocenters. The summed E-state index contributed by atoms with van der Waals surface area (Å²) < 4.78 is 4.92. The van der Waals surface area contributed by atoms with Gasteiger partial charge >= 0.3 is 6.03 Å². The van der Waals surface area contributed by atoms with Gasteiger partial charge in [-0.3, -0.25) is 20.0 Å². The maximum absolute atomic E-state index is 13.2. The summed E-state index contributed by atoms with van der Waals surface area (Å²) in [5, 5.41) is 3.62. The molecule has 0 bridgehead atoms. The van der Waals surface area contributed by atoms with E-state index in [1.54, 1.807) is 0 Å². The second kappa shape index (κ2) is 11.7. The van der Waals surface area contributed by atoms with Gasteiger partial charge in [0, 0.05) is 29.6 Å². The highest BCUT2D eigenvalue weighted by Crippen LogP contribution is 2.33. The summed E-state index contributed by atoms with van der Waals surface area (Å²) in [6.45, 7) is 1.05. The summed E-state index contributed by atoms with van der Waals surface area (Å²) in [7, 11) is 1.31. The molecule has 190 valence electrons. The van der Waals surface area contributed by atoms with Crippen LogP contribution in [0.2, 0.25) is 0 Å². The van der Waals surface area contributed by atoms with Crippen molar-refractivity contribution >= 4 is 44.9 Å². The quantitative estimate of drug-likeness (QED) is 0.263. The number of hydrogen-bond donors (Lipinski definition) is 1. The molecule has 0 spiro atoms. The van der Waals surface area contributed by atoms with E-state index in [0.29, 0.717) is 18.1 Å². The van der Waals surface area contributed by atoms with Crippen molar-refractivity contribution in [2.24, 2.45) is 0 Å². The van der Waals surface area contributed by atoms with E-state index in [1.165, 1.54) is 24.0 Å². The van der Waals surface area contributed by atoms with Gasteiger partial charge in [-0.2, -0.15) is 0 Å². The van der Waals surface area contributed by atoms with Gasteiger partial charge in [-0.05, 0) is 48.2 Å². The molecule has 2 amide bonds. The predicted octanol–water partition coefficient (Wildman–Crippen LogP) is 6.80. The third-order valence-corrected chi connectivity index (χ3v) is 7.17. The standard InChI is InChI=1S/C28H22N4OS.C2H4O2/c33-28(31-27-30-24-10-4-5-11-26(24)34-27)32-16-6-9-20-12-13-21(17-25(20)32)23-15-14-22(18-29-23)19-7-2-1-3-8-19;1-4-2-3/h1-5,7-8,10-15,17-18H,6,9,16H2,(H,30,31,33);2H,1H3. The zero-order chi connectivity index (χ0) is 26.3. The fourth-order valence-electron chi connectivity index (χ4n) is 4.40. The van der Waals surface area contributed by atoms with E-state index in [9.17, 15) is 4.79 Å². The number of hydrogen-bond acceptors (Lipinski definition) is 6. The highest BCUT2D eigenvalue weighted by molar-refractivity contribution is 7.22. The number of aryl methyl sites for hydroxylation is 1. The molecule has 7 nitrogen and oxygen atoms in total. The van der Waals surface area contributed by atoms with Crippen LogP contribution in [-0.4, -0.2) is 36.1 Å². The molecule has 6 rings (SSSR count). The van der Waals surface area contributed by atoms with Gasteiger partial charge < -0.3 is 4.74 Å². The molecule has 3 heterocycles. The van der Waals surface area contributed by atoms with Crippen LogP contribution in [-0.2, 0) is 16.0 Å². The highest BCUT2D eigenvalue weighted by Gasteiger charge is 2.24. The maximum Gasteiger partial charge on any atom is 0.328 e. The fourth-order valence-corrected chi connectivity index (χ4v) is 5.25. The number of carbonyl (C=O) groups excluding carboxylic acids is 2. The smallest absolute Gasteiger partial charge is 0.328 e. The first-order valence-corrected chi connectivity index (χ1v) is 13.0. The molecule has 38 heavy (non-hydrogen) atoms. The van der Waals surface area contributed by atoms with Crippen molar-refractivity contribution in [1.82, 2.24) is 9.97 Å². The molecule has 0 saturated heterocycles. The maximum atomic E-state index is 13.2. The van der Waals surface area contributed by atoms with Gasteiger partial charge in [-0.1, -0.05) is 72.0 Å². The SMILES string of the molecule is COC=O.O=C(Nc1nc2ccccc2s1)N1CCCc2ccc(-c3ccc(-c4ccccc4)cn3)cc21. The van der Waals surface area contributed by atoms with Gasteiger partial charge in [-0.25, -0.2) is 9.78 Å². The number of methoxy groups -OCH3 is 1. The normalized spacial score (nSPS) is 12.2. The van der Waals surface area contributed by atoms with Crippen molar-refractivity contribution in [2.45, 2.75) is 12.8 Å². The van der Waals surface area contributed by atoms with Crippen LogP contribution in [0.5, 0.6) is 0 Å². The minimum atomic E-state index is -0.149. The van der Waals surface area contributed by atoms with E-state index in [0.717, 1.165) is 51.1 Å². The van der Waals surface area contributed by atoms with Gasteiger partial charge in [-0.15, -0.1) is 0 Å². The Balaban J connectivity index is 0.000000689. The zero-order valence-electron chi connectivity index (χ0n) is 20.8. The van der Waals surface area contributed by atoms with Gasteiger partial charge in [0.15, 0.2) is 5.13 Å². The van der Waals surface area contributed by atoms with Crippen molar-refractivity contribution in [3.63, 3.8) is 0 Å². The number of pyridine rings is 1. The van der Waals surface area contributed by atoms with Crippen LogP contribution >= 0.6 is 11.3 Å². The number of fused-ring (bicyclic) bond motifs is 2. The lowest BCUT2D eigenvalue weighted by molar-refractivity contribution is -0.126. The Kier molecular flexibility index (Phi) is 7.70. The molecule has 3 aromatic carbocycles. The third-order valence-electron chi connectivity index (χ3n) is 6.22. The van der Waals surface area contributed by atoms with Crippen molar-refractivity contribution < 1.29 is 14.3 Å². The second-order valence-corrected chi connectivity index (χ2v) is 9.68. The monoisotopic (exact) mass is 522 g/mol. The lowest BCUT2D eigenvalue weighted by Gasteiger charge is -2.29. The van der Waals surface area contributed by atoms with Crippen molar-refractivity contribution in [3.05, 3.63) is 96.7 Å². The molecule has 1 aliphatic rings. The predicted molar refractivity (Wildman–Crippen MR) is 152 cm³/mol. The second-order valence-electron chi connectivity index (χ2n) is 8.65. The number of amides is 2. The summed E-state index contributed by atoms with van der Waals surface area (Å²) in [6, 6.07) is 28.4. The van der Waals surface area contributed by atoms with E-state index in [1.807, 2.05) is 59.6 Å². The van der Waals surface area contributed by atoms with E-state index in [-0.39, 0.29) is 6.03 Å². The van der Waals surface area contributed by atoms with Gasteiger partial charge in [0.05, 0.1) is 23.0 Å². The topological polar surface area (TPSA) is 84.4 Å². The Morgan fingerprint density at radius 1 is 0.974 bits per heavy atom. The number of rotatable bonds is 4. The zero-order valence-corrected chi connectivity index (χ0v) is 21.7. The van der Waals surface area contributed by atoms with E-state index in [2.05, 4.69) is 51.4 Å². The number of nitrogens with one attached hydrogen (secondary N) is 1. The van der Waals surface area contributed by atoms with Gasteiger partial charge in [0.2, 0.25) is 0 Å². The first kappa shape index (κ1) is 25.1. The van der Waals surface area contributed by atoms with Crippen molar-refractivity contribution in [2.75, 3.05) is 23.9 Å². The number of urea groups is 1. The molecule has 0 unspecified atom stereocenters. The van der Waals surface area contributed by atoms with Gasteiger partial charge in [0.25, 0.3) is 6.47 Å². The van der Waals surface area contributed by atoms with Crippen LogP contribution in [0.3, 0.4) is 0 Å². The summed E-state index contributed by atoms with van der Waals surface area (Å²) in [5.41, 5.74) is 7.13. The summed E-state index contributed by atoms with van der Waals surface area (Å²) >= 11 is 1.49. The van der Waals surface area contributed by atoms with Crippen LogP contribution in [0.1, 0.15) is 12.0 Å². The van der Waals surface area contributed by atoms with E-state index >= 15 is 0 Å². The average Bonchev–Trinajstić information content (AvgIpc) is 3.39. The summed E-state index contributed by atoms with van der Waals surface area (Å²) in [5.74, 6) is 0. The molecule has 8 heteroatoms. The Bertz CT molecular complexity index is 1520. The van der Waals surface area contributed by atoms with Gasteiger partial charge in [0.1, 0.15) is 0 Å². The lowest BCUT2D eigenvalue weighted by Crippen LogP contribution is -2.38. The van der Waals surface area contributed by atoms with Crippen LogP contribution in [0, 0.1) is 0 Å². The molecule has 2 aromatic heterocycles. The Morgan fingerprint density at radius 3 is 2.47 bits per heavy atom. The molecular formula is C30H26N4O3S. The number of anilines is 2. The number of thiazole rings is 1. The summed E-state index contributed by atoms with van der Waals surface area (Å²) in [6.07, 6.45) is 3.80.